The Hall–Kier alpha value is -4.54. The fraction of sp³-hybridized carbons (Fsp3) is 0.741. The molecule has 6 rings (SSSR count). The van der Waals surface area contributed by atoms with Crippen LogP contribution < -0.4 is 16.3 Å². The number of likely N-dealkylation sites (N-methyl/N-ethyl adjacent to an activating group) is 1. The van der Waals surface area contributed by atoms with Crippen LogP contribution in [0.2, 0.25) is 0 Å². The van der Waals surface area contributed by atoms with Crippen LogP contribution in [0.15, 0.2) is 48.9 Å². The summed E-state index contributed by atoms with van der Waals surface area (Å²) in [6.07, 6.45) is 8.49. The van der Waals surface area contributed by atoms with Gasteiger partial charge < -0.3 is 53.9 Å². The number of aromatic nitrogens is 3. The number of ether oxygens (including phenoxy) is 5. The molecular weight excluding hydrogens is 949 g/mol. The highest BCUT2D eigenvalue weighted by molar-refractivity contribution is 6.00. The van der Waals surface area contributed by atoms with Crippen molar-refractivity contribution in [2.75, 3.05) is 66.5 Å². The van der Waals surface area contributed by atoms with Gasteiger partial charge in [0.2, 0.25) is 0 Å². The van der Waals surface area contributed by atoms with Crippen LogP contribution in [0.5, 0.6) is 0 Å². The summed E-state index contributed by atoms with van der Waals surface area (Å²) in [5, 5.41) is 17.1. The Morgan fingerprint density at radius 2 is 1.77 bits per heavy atom. The number of carbonyl (C=O) groups is 4. The first-order chi connectivity index (χ1) is 35.5. The second-order valence-electron chi connectivity index (χ2n) is 20.5. The predicted octanol–water partition coefficient (Wildman–Crippen LogP) is 5.38. The second-order valence-corrected chi connectivity index (χ2v) is 20.5. The molecule has 1 amide bonds. The molecule has 2 unspecified atom stereocenters. The monoisotopic (exact) mass is 1040 g/mol. The van der Waals surface area contributed by atoms with Gasteiger partial charge in [-0.1, -0.05) is 54.9 Å². The maximum absolute atomic E-state index is 14.2. The van der Waals surface area contributed by atoms with Gasteiger partial charge in [-0.15, -0.1) is 5.53 Å². The molecular formula is C54H90N10O10. The Labute approximate surface area is 440 Å². The van der Waals surface area contributed by atoms with Crippen LogP contribution in [0.3, 0.4) is 0 Å². The molecule has 2 aromatic heterocycles. The van der Waals surface area contributed by atoms with E-state index in [0.29, 0.717) is 38.9 Å². The number of carbonyl (C=O) groups excluding carboxylic acids is 4. The van der Waals surface area contributed by atoms with Crippen LogP contribution >= 0.6 is 0 Å². The van der Waals surface area contributed by atoms with E-state index in [1.807, 2.05) is 78.4 Å². The summed E-state index contributed by atoms with van der Waals surface area (Å²) in [5.74, 6) is -4.45. The number of hydrogen-bond acceptors (Lipinski definition) is 18. The highest BCUT2D eigenvalue weighted by Crippen LogP contribution is 2.41. The van der Waals surface area contributed by atoms with Gasteiger partial charge in [-0.05, 0) is 72.1 Å². The van der Waals surface area contributed by atoms with Crippen molar-refractivity contribution >= 4 is 23.6 Å². The van der Waals surface area contributed by atoms with Gasteiger partial charge in [0.1, 0.15) is 23.9 Å². The van der Waals surface area contributed by atoms with Gasteiger partial charge in [0.15, 0.2) is 24.0 Å². The van der Waals surface area contributed by atoms with Gasteiger partial charge in [0.25, 0.3) is 0 Å². The number of aryl methyl sites for hydroxylation is 1. The largest absolute Gasteiger partial charge is 0.458 e. The molecule has 0 spiro atoms. The summed E-state index contributed by atoms with van der Waals surface area (Å²) in [4.78, 5) is 71.1. The van der Waals surface area contributed by atoms with Crippen LogP contribution in [0.4, 0.5) is 4.79 Å². The third-order valence-electron chi connectivity index (χ3n) is 15.1. The Morgan fingerprint density at radius 3 is 2.45 bits per heavy atom. The van der Waals surface area contributed by atoms with Crippen LogP contribution in [0.1, 0.15) is 114 Å². The van der Waals surface area contributed by atoms with E-state index in [4.69, 9.17) is 23.7 Å². The Kier molecular flexibility index (Phi) is 23.7. The molecule has 0 aliphatic carbocycles. The fourth-order valence-electron chi connectivity index (χ4n) is 10.8. The van der Waals surface area contributed by atoms with E-state index < -0.39 is 72.0 Å². The minimum atomic E-state index is -1.42. The number of Topliss-reactive ketones (excluding diaryl/α,β-unsaturated/α-hetero) is 2. The first kappa shape index (κ1) is 60.3. The highest BCUT2D eigenvalue weighted by Gasteiger charge is 2.59. The number of rotatable bonds is 28. The number of nitrogens with zero attached hydrogens (tertiary/aromatic N) is 7. The van der Waals surface area contributed by atoms with Gasteiger partial charge in [0, 0.05) is 126 Å². The quantitative estimate of drug-likeness (QED) is 0.0364. The van der Waals surface area contributed by atoms with Gasteiger partial charge in [-0.2, -0.15) is 0 Å². The van der Waals surface area contributed by atoms with E-state index in [1.165, 1.54) is 14.0 Å². The lowest BCUT2D eigenvalue weighted by atomic mass is 9.76. The highest BCUT2D eigenvalue weighted by atomic mass is 16.8. The molecule has 4 N–H and O–H groups in total. The van der Waals surface area contributed by atoms with Crippen molar-refractivity contribution in [2.24, 2.45) is 23.7 Å². The van der Waals surface area contributed by atoms with E-state index in [-0.39, 0.29) is 30.3 Å². The van der Waals surface area contributed by atoms with Crippen molar-refractivity contribution in [3.8, 4) is 11.3 Å². The molecule has 0 saturated carbocycles. The zero-order valence-electron chi connectivity index (χ0n) is 46.5. The molecule has 20 heteroatoms. The minimum Gasteiger partial charge on any atom is -0.458 e. The molecule has 416 valence electrons. The Morgan fingerprint density at radius 1 is 1.04 bits per heavy atom. The number of hydrogen-bond donors (Lipinski definition) is 4. The number of amides is 1. The molecule has 2 aromatic rings. The summed E-state index contributed by atoms with van der Waals surface area (Å²) in [7, 11) is 3.37. The number of imidazole rings is 1. The van der Waals surface area contributed by atoms with Crippen molar-refractivity contribution in [1.29, 1.82) is 0 Å². The average Bonchev–Trinajstić information content (AvgIpc) is 4.15. The molecule has 4 aliphatic heterocycles. The zero-order valence-corrected chi connectivity index (χ0v) is 46.5. The van der Waals surface area contributed by atoms with Crippen molar-refractivity contribution in [3.63, 3.8) is 0 Å². The maximum Gasteiger partial charge on any atom is 0.410 e. The van der Waals surface area contributed by atoms with Crippen LogP contribution in [0.25, 0.3) is 11.3 Å². The van der Waals surface area contributed by atoms with Gasteiger partial charge >= 0.3 is 12.1 Å². The van der Waals surface area contributed by atoms with Crippen molar-refractivity contribution in [1.82, 2.24) is 50.5 Å². The zero-order chi connectivity index (χ0) is 54.1. The standard InChI is InChI=1S/C52H84N10O10.C2H6/c1-11-16-34(3)44(63)36(5)47-52(8,72-51(67)62(47)23-14-13-22-60-32-41(55-33-60)39-17-15-19-54-30-39)43(12-2)70-48(66)37(6)45(64)38(7)49(68-10)71-50-46(65)42(29-35(4)69-50)58(9)24-18-40-31-61(57-56-40)28-27-59-25-20-53-21-26-59;1-2/h15,17,19,30-38,42-43,46-47,49-50,53,56-57,65H,11-14,16,18,20-29H2,1-10H3;1-2H3/t34-,35-,36+,37?,38+,42?,43-,46-,47-,49-,50+,52-;/m1./s1. The Bertz CT molecular complexity index is 2090. The molecule has 0 radical (unpaired) electrons. The minimum absolute atomic E-state index is 0.00150. The SMILES string of the molecule is CC.CCC[C@@H](C)C(=O)[C@H](C)[C@H]1N(CCCCn2cnc(-c3cccnc3)c2)C(=O)O[C@]1(C)[C@@H](CC)OC(=O)C(C)C(=O)[C@H](C)[C@H](OC)O[C@@H]1O[C@H](C)CC(N(C)CCC2=CN(CCN3CCNCC3)NN2)[C@H]1O. The molecule has 74 heavy (non-hydrogen) atoms. The molecule has 12 atom stereocenters. The average molecular weight is 1040 g/mol. The Balaban J connectivity index is 0.00000501. The number of piperazine rings is 1. The van der Waals surface area contributed by atoms with E-state index in [1.54, 1.807) is 37.5 Å². The first-order valence-corrected chi connectivity index (χ1v) is 27.3. The van der Waals surface area contributed by atoms with Crippen molar-refractivity contribution in [3.05, 3.63) is 48.9 Å². The number of methoxy groups -OCH3 is 1. The summed E-state index contributed by atoms with van der Waals surface area (Å²) in [6.45, 7) is 25.9. The number of aliphatic hydroxyl groups is 1. The van der Waals surface area contributed by atoms with Crippen LogP contribution in [-0.2, 0) is 44.6 Å². The summed E-state index contributed by atoms with van der Waals surface area (Å²) >= 11 is 0. The van der Waals surface area contributed by atoms with Gasteiger partial charge in [-0.3, -0.25) is 29.3 Å². The van der Waals surface area contributed by atoms with E-state index in [9.17, 15) is 24.3 Å². The van der Waals surface area contributed by atoms with E-state index in [0.717, 1.165) is 75.5 Å². The normalized spacial score (nSPS) is 25.7. The number of cyclic esters (lactones) is 1. The van der Waals surface area contributed by atoms with E-state index >= 15 is 0 Å². The van der Waals surface area contributed by atoms with Crippen molar-refractivity contribution < 1.29 is 48.0 Å². The summed E-state index contributed by atoms with van der Waals surface area (Å²) in [6, 6.07) is 2.76. The van der Waals surface area contributed by atoms with E-state index in [2.05, 4.69) is 47.3 Å². The predicted molar refractivity (Wildman–Crippen MR) is 281 cm³/mol. The molecule has 3 saturated heterocycles. The molecule has 20 nitrogen and oxygen atoms in total. The van der Waals surface area contributed by atoms with Gasteiger partial charge in [-0.25, -0.2) is 9.78 Å². The molecule has 3 fully saturated rings. The number of aliphatic hydroxyl groups excluding tert-OH is 1. The lowest BCUT2D eigenvalue weighted by molar-refractivity contribution is -0.310. The third kappa shape index (κ3) is 15.5. The lowest BCUT2D eigenvalue weighted by Gasteiger charge is -2.43. The number of nitrogens with one attached hydrogen (secondary N) is 3. The van der Waals surface area contributed by atoms with Crippen molar-refractivity contribution in [2.45, 2.75) is 169 Å². The number of esters is 1. The number of hydrazine groups is 2. The lowest BCUT2D eigenvalue weighted by Crippen LogP contribution is -2.57. The fourth-order valence-corrected chi connectivity index (χ4v) is 10.8. The summed E-state index contributed by atoms with van der Waals surface area (Å²) in [5.41, 5.74) is 7.87. The smallest absolute Gasteiger partial charge is 0.410 e. The third-order valence-corrected chi connectivity index (χ3v) is 15.1. The number of pyridine rings is 1. The molecule has 6 heterocycles. The molecule has 0 bridgehead atoms. The molecule has 4 aliphatic rings. The number of ketones is 2. The van der Waals surface area contributed by atoms with Gasteiger partial charge in [0.05, 0.1) is 30.1 Å². The topological polar surface area (TPSA) is 214 Å². The number of unbranched alkanes of at least 4 members (excludes halogenated alkanes) is 1. The molecule has 0 aromatic carbocycles. The summed E-state index contributed by atoms with van der Waals surface area (Å²) < 4.78 is 32.4. The van der Waals surface area contributed by atoms with Crippen LogP contribution in [0, 0.1) is 23.7 Å². The van der Waals surface area contributed by atoms with Crippen LogP contribution in [-0.4, -0.2) is 178 Å². The first-order valence-electron chi connectivity index (χ1n) is 27.3. The second kappa shape index (κ2) is 29.1. The maximum atomic E-state index is 14.2.